The first-order valence-electron chi connectivity index (χ1n) is 11.2. The number of benzene rings is 2. The van der Waals surface area contributed by atoms with Crippen LogP contribution in [0.3, 0.4) is 0 Å². The van der Waals surface area contributed by atoms with Crippen molar-refractivity contribution >= 4 is 40.1 Å². The number of fused-ring (bicyclic) bond motifs is 2. The number of aromatic nitrogens is 3. The second-order valence-electron chi connectivity index (χ2n) is 7.78. The standard InChI is InChI=1S/C25H28N6O3/c1-4-5-8-13-27-25(32)21-22-24(30-18-10-7-6-9-17(18)29-22)31(23(21)26)28-15-16-11-12-19(33-2)20(14-16)34-3/h6-7,9-12,14-15H,4-5,8,13,26H2,1-3H3,(H,27,32). The number of nitrogens with two attached hydrogens (primary N) is 1. The van der Waals surface area contributed by atoms with E-state index in [4.69, 9.17) is 25.2 Å². The van der Waals surface area contributed by atoms with Gasteiger partial charge in [0.1, 0.15) is 16.9 Å². The molecule has 0 fully saturated rings. The van der Waals surface area contributed by atoms with Crippen LogP contribution in [0.25, 0.3) is 22.2 Å². The van der Waals surface area contributed by atoms with Gasteiger partial charge >= 0.3 is 0 Å². The zero-order chi connectivity index (χ0) is 24.1. The quantitative estimate of drug-likeness (QED) is 0.288. The number of hydrogen-bond donors (Lipinski definition) is 2. The molecule has 4 aromatic rings. The Morgan fingerprint density at radius 1 is 1.09 bits per heavy atom. The molecule has 3 N–H and O–H groups in total. The number of methoxy groups -OCH3 is 2. The van der Waals surface area contributed by atoms with Crippen molar-refractivity contribution in [1.82, 2.24) is 20.0 Å². The lowest BCUT2D eigenvalue weighted by Gasteiger charge is -2.07. The summed E-state index contributed by atoms with van der Waals surface area (Å²) in [6, 6.07) is 12.9. The van der Waals surface area contributed by atoms with Gasteiger partial charge in [0.2, 0.25) is 0 Å². The predicted molar refractivity (Wildman–Crippen MR) is 134 cm³/mol. The van der Waals surface area contributed by atoms with Crippen molar-refractivity contribution in [3.8, 4) is 11.5 Å². The van der Waals surface area contributed by atoms with Crippen molar-refractivity contribution in [3.63, 3.8) is 0 Å². The van der Waals surface area contributed by atoms with Gasteiger partial charge in [-0.15, -0.1) is 0 Å². The monoisotopic (exact) mass is 460 g/mol. The average Bonchev–Trinajstić information content (AvgIpc) is 3.13. The largest absolute Gasteiger partial charge is 0.493 e. The summed E-state index contributed by atoms with van der Waals surface area (Å²) in [7, 11) is 3.15. The minimum atomic E-state index is -0.289. The van der Waals surface area contributed by atoms with Crippen LogP contribution in [0.5, 0.6) is 11.5 Å². The summed E-state index contributed by atoms with van der Waals surface area (Å²) in [6.07, 6.45) is 4.63. The maximum absolute atomic E-state index is 13.1. The molecule has 2 heterocycles. The Bertz CT molecular complexity index is 1360. The van der Waals surface area contributed by atoms with Crippen LogP contribution < -0.4 is 20.5 Å². The van der Waals surface area contributed by atoms with Crippen LogP contribution in [-0.4, -0.2) is 47.5 Å². The van der Waals surface area contributed by atoms with E-state index >= 15 is 0 Å². The Labute approximate surface area is 197 Å². The molecule has 0 aliphatic carbocycles. The molecule has 0 aliphatic heterocycles. The van der Waals surface area contributed by atoms with E-state index in [1.165, 1.54) is 4.68 Å². The third-order valence-corrected chi connectivity index (χ3v) is 5.50. The molecular weight excluding hydrogens is 432 g/mol. The highest BCUT2D eigenvalue weighted by Crippen LogP contribution is 2.29. The van der Waals surface area contributed by atoms with Gasteiger partial charge in [0.25, 0.3) is 5.91 Å². The number of unbranched alkanes of at least 4 members (excludes halogenated alkanes) is 2. The van der Waals surface area contributed by atoms with Crippen LogP contribution in [-0.2, 0) is 0 Å². The minimum Gasteiger partial charge on any atom is -0.493 e. The first-order chi connectivity index (χ1) is 16.6. The third kappa shape index (κ3) is 4.50. The molecule has 0 atom stereocenters. The first kappa shape index (κ1) is 23.0. The molecule has 0 saturated carbocycles. The van der Waals surface area contributed by atoms with E-state index in [2.05, 4.69) is 17.3 Å². The molecule has 9 nitrogen and oxygen atoms in total. The maximum Gasteiger partial charge on any atom is 0.257 e. The summed E-state index contributed by atoms with van der Waals surface area (Å²) in [5, 5.41) is 7.49. The summed E-state index contributed by atoms with van der Waals surface area (Å²) >= 11 is 0. The lowest BCUT2D eigenvalue weighted by Crippen LogP contribution is -2.25. The Balaban J connectivity index is 1.79. The molecular formula is C25H28N6O3. The van der Waals surface area contributed by atoms with Crippen LogP contribution in [0.4, 0.5) is 5.82 Å². The van der Waals surface area contributed by atoms with Gasteiger partial charge in [0, 0.05) is 6.54 Å². The van der Waals surface area contributed by atoms with Crippen molar-refractivity contribution in [2.75, 3.05) is 26.5 Å². The fourth-order valence-corrected chi connectivity index (χ4v) is 3.71. The number of ether oxygens (including phenoxy) is 2. The molecule has 176 valence electrons. The van der Waals surface area contributed by atoms with Gasteiger partial charge in [-0.1, -0.05) is 31.9 Å². The number of nitrogens with one attached hydrogen (secondary N) is 1. The van der Waals surface area contributed by atoms with Gasteiger partial charge in [-0.2, -0.15) is 9.78 Å². The van der Waals surface area contributed by atoms with Crippen molar-refractivity contribution < 1.29 is 14.3 Å². The lowest BCUT2D eigenvalue weighted by atomic mass is 10.2. The SMILES string of the molecule is CCCCCNC(=O)c1c(N)n(N=Cc2ccc(OC)c(OC)c2)c2nc3ccccc3nc12. The smallest absolute Gasteiger partial charge is 0.257 e. The van der Waals surface area contributed by atoms with E-state index in [-0.39, 0.29) is 17.3 Å². The molecule has 0 saturated heterocycles. The predicted octanol–water partition coefficient (Wildman–Crippen LogP) is 3.99. The molecule has 0 unspecified atom stereocenters. The molecule has 0 bridgehead atoms. The van der Waals surface area contributed by atoms with Gasteiger partial charge in [-0.25, -0.2) is 9.97 Å². The summed E-state index contributed by atoms with van der Waals surface area (Å²) in [5.74, 6) is 1.08. The fourth-order valence-electron chi connectivity index (χ4n) is 3.71. The second-order valence-corrected chi connectivity index (χ2v) is 7.78. The highest BCUT2D eigenvalue weighted by Gasteiger charge is 2.23. The molecule has 2 aromatic heterocycles. The van der Waals surface area contributed by atoms with Crippen LogP contribution >= 0.6 is 0 Å². The second kappa shape index (κ2) is 10.2. The number of rotatable bonds is 9. The molecule has 0 spiro atoms. The average molecular weight is 461 g/mol. The van der Waals surface area contributed by atoms with E-state index in [1.54, 1.807) is 32.6 Å². The normalized spacial score (nSPS) is 11.4. The van der Waals surface area contributed by atoms with Crippen LogP contribution in [0, 0.1) is 0 Å². The highest BCUT2D eigenvalue weighted by molar-refractivity contribution is 6.10. The lowest BCUT2D eigenvalue weighted by molar-refractivity contribution is 0.0955. The maximum atomic E-state index is 13.1. The van der Waals surface area contributed by atoms with Crippen molar-refractivity contribution in [2.24, 2.45) is 5.10 Å². The van der Waals surface area contributed by atoms with Gasteiger partial charge in [0.15, 0.2) is 17.1 Å². The molecule has 4 rings (SSSR count). The van der Waals surface area contributed by atoms with E-state index in [9.17, 15) is 4.79 Å². The molecule has 1 amide bonds. The molecule has 0 aliphatic rings. The number of hydrogen-bond acceptors (Lipinski definition) is 7. The Morgan fingerprint density at radius 2 is 1.82 bits per heavy atom. The number of carbonyl (C=O) groups is 1. The summed E-state index contributed by atoms with van der Waals surface area (Å²) in [4.78, 5) is 22.5. The third-order valence-electron chi connectivity index (χ3n) is 5.50. The number of nitrogens with zero attached hydrogens (tertiary/aromatic N) is 4. The van der Waals surface area contributed by atoms with Crippen LogP contribution in [0.2, 0.25) is 0 Å². The molecule has 2 aromatic carbocycles. The number of para-hydroxylation sites is 2. The Kier molecular flexibility index (Phi) is 6.91. The van der Waals surface area contributed by atoms with Crippen LogP contribution in [0.15, 0.2) is 47.6 Å². The first-order valence-corrected chi connectivity index (χ1v) is 11.2. The van der Waals surface area contributed by atoms with Crippen molar-refractivity contribution in [2.45, 2.75) is 26.2 Å². The zero-order valence-corrected chi connectivity index (χ0v) is 19.5. The van der Waals surface area contributed by atoms with Gasteiger partial charge in [-0.05, 0) is 42.3 Å². The topological polar surface area (TPSA) is 117 Å². The summed E-state index contributed by atoms with van der Waals surface area (Å²) in [5.41, 5.74) is 9.66. The summed E-state index contributed by atoms with van der Waals surface area (Å²) < 4.78 is 12.1. The van der Waals surface area contributed by atoms with E-state index in [1.807, 2.05) is 30.3 Å². The number of amides is 1. The molecule has 0 radical (unpaired) electrons. The minimum absolute atomic E-state index is 0.176. The Hall–Kier alpha value is -4.14. The van der Waals surface area contributed by atoms with Gasteiger partial charge < -0.3 is 20.5 Å². The Morgan fingerprint density at radius 3 is 2.53 bits per heavy atom. The van der Waals surface area contributed by atoms with E-state index in [0.29, 0.717) is 40.2 Å². The fraction of sp³-hybridized carbons (Fsp3) is 0.280. The number of anilines is 1. The molecule has 34 heavy (non-hydrogen) atoms. The highest BCUT2D eigenvalue weighted by atomic mass is 16.5. The van der Waals surface area contributed by atoms with Gasteiger partial charge in [-0.3, -0.25) is 4.79 Å². The molecule has 9 heteroatoms. The van der Waals surface area contributed by atoms with E-state index < -0.39 is 0 Å². The summed E-state index contributed by atoms with van der Waals surface area (Å²) in [6.45, 7) is 2.68. The van der Waals surface area contributed by atoms with Crippen molar-refractivity contribution in [1.29, 1.82) is 0 Å². The van der Waals surface area contributed by atoms with Crippen molar-refractivity contribution in [3.05, 3.63) is 53.6 Å². The zero-order valence-electron chi connectivity index (χ0n) is 19.5. The van der Waals surface area contributed by atoms with E-state index in [0.717, 1.165) is 24.8 Å². The van der Waals surface area contributed by atoms with Gasteiger partial charge in [0.05, 0.1) is 31.5 Å². The van der Waals surface area contributed by atoms with Crippen LogP contribution in [0.1, 0.15) is 42.1 Å². The number of carbonyl (C=O) groups excluding carboxylic acids is 1. The number of nitrogen functional groups attached to an aromatic ring is 1.